The van der Waals surface area contributed by atoms with Crippen LogP contribution in [0.4, 0.5) is 16.5 Å². The van der Waals surface area contributed by atoms with Crippen LogP contribution in [-0.2, 0) is 0 Å². The predicted octanol–water partition coefficient (Wildman–Crippen LogP) is 2.35. The predicted molar refractivity (Wildman–Crippen MR) is 75.4 cm³/mol. The summed E-state index contributed by atoms with van der Waals surface area (Å²) in [5.74, 6) is 0. The summed E-state index contributed by atoms with van der Waals surface area (Å²) in [6.45, 7) is 2.01. The first kappa shape index (κ1) is 11.7. The fourth-order valence-electron chi connectivity index (χ4n) is 1.56. The van der Waals surface area contributed by atoms with Crippen molar-refractivity contribution in [2.75, 3.05) is 30.5 Å². The third kappa shape index (κ3) is 2.19. The van der Waals surface area contributed by atoms with Gasteiger partial charge in [-0.2, -0.15) is 0 Å². The molecule has 0 bridgehead atoms. The Hall–Kier alpha value is -1.75. The van der Waals surface area contributed by atoms with Crippen LogP contribution in [0.3, 0.4) is 0 Å². The summed E-state index contributed by atoms with van der Waals surface area (Å²) in [5.41, 5.74) is 14.8. The minimum atomic E-state index is 0.613. The van der Waals surface area contributed by atoms with E-state index in [9.17, 15) is 0 Å². The molecule has 0 saturated heterocycles. The van der Waals surface area contributed by atoms with E-state index in [1.807, 2.05) is 44.1 Å². The van der Waals surface area contributed by atoms with Gasteiger partial charge in [0.15, 0.2) is 5.13 Å². The first-order valence-electron chi connectivity index (χ1n) is 5.29. The van der Waals surface area contributed by atoms with Crippen molar-refractivity contribution < 1.29 is 0 Å². The Morgan fingerprint density at radius 3 is 2.41 bits per heavy atom. The zero-order chi connectivity index (χ0) is 12.6. The van der Waals surface area contributed by atoms with Crippen molar-refractivity contribution in [3.63, 3.8) is 0 Å². The quantitative estimate of drug-likeness (QED) is 0.800. The average Bonchev–Trinajstić information content (AvgIpc) is 2.65. The number of aromatic nitrogens is 1. The number of hydrogen-bond donors (Lipinski definition) is 2. The molecule has 0 amide bonds. The van der Waals surface area contributed by atoms with Crippen LogP contribution >= 0.6 is 11.3 Å². The fourth-order valence-corrected chi connectivity index (χ4v) is 2.54. The second-order valence-corrected chi connectivity index (χ2v) is 5.13. The summed E-state index contributed by atoms with van der Waals surface area (Å²) in [6, 6.07) is 5.71. The van der Waals surface area contributed by atoms with Crippen LogP contribution < -0.4 is 16.4 Å². The second kappa shape index (κ2) is 4.25. The minimum absolute atomic E-state index is 0.613. The smallest absolute Gasteiger partial charge is 0.185 e. The average molecular weight is 248 g/mol. The van der Waals surface area contributed by atoms with E-state index in [0.717, 1.165) is 21.3 Å². The molecule has 5 heteroatoms. The van der Waals surface area contributed by atoms with E-state index in [1.165, 1.54) is 0 Å². The number of aryl methyl sites for hydroxylation is 1. The number of nitrogens with zero attached hydrogens (tertiary/aromatic N) is 2. The Morgan fingerprint density at radius 2 is 1.88 bits per heavy atom. The lowest BCUT2D eigenvalue weighted by Gasteiger charge is -2.05. The molecule has 0 saturated carbocycles. The zero-order valence-electron chi connectivity index (χ0n) is 10.2. The number of benzene rings is 1. The lowest BCUT2D eigenvalue weighted by Crippen LogP contribution is -2.07. The summed E-state index contributed by atoms with van der Waals surface area (Å²) >= 11 is 1.65. The largest absolute Gasteiger partial charge is 0.397 e. The normalized spacial score (nSPS) is 10.5. The lowest BCUT2D eigenvalue weighted by atomic mass is 10.1. The number of hydrogen-bond acceptors (Lipinski definition) is 5. The van der Waals surface area contributed by atoms with Gasteiger partial charge in [-0.3, -0.25) is 0 Å². The molecule has 0 radical (unpaired) electrons. The molecule has 4 nitrogen and oxygen atoms in total. The topological polar surface area (TPSA) is 68.2 Å². The highest BCUT2D eigenvalue weighted by molar-refractivity contribution is 7.19. The van der Waals surface area contributed by atoms with E-state index >= 15 is 0 Å². The number of nitrogens with two attached hydrogens (primary N) is 2. The van der Waals surface area contributed by atoms with Crippen molar-refractivity contribution in [3.8, 4) is 10.4 Å². The SMILES string of the molecule is Cc1nc(N(C)C)sc1-c1ccc(N)c(N)c1. The highest BCUT2D eigenvalue weighted by Gasteiger charge is 2.11. The molecule has 1 aromatic carbocycles. The molecular weight excluding hydrogens is 232 g/mol. The Labute approximate surface area is 105 Å². The van der Waals surface area contributed by atoms with Gasteiger partial charge in [-0.05, 0) is 24.6 Å². The van der Waals surface area contributed by atoms with Crippen molar-refractivity contribution >= 4 is 27.8 Å². The van der Waals surface area contributed by atoms with E-state index in [-0.39, 0.29) is 0 Å². The van der Waals surface area contributed by atoms with Crippen molar-refractivity contribution in [2.45, 2.75) is 6.92 Å². The monoisotopic (exact) mass is 248 g/mol. The van der Waals surface area contributed by atoms with Crippen molar-refractivity contribution in [1.29, 1.82) is 0 Å². The number of thiazole rings is 1. The maximum atomic E-state index is 5.82. The van der Waals surface area contributed by atoms with Gasteiger partial charge in [-0.15, -0.1) is 0 Å². The molecule has 1 aromatic heterocycles. The first-order valence-corrected chi connectivity index (χ1v) is 6.11. The number of nitrogen functional groups attached to an aromatic ring is 2. The van der Waals surface area contributed by atoms with Gasteiger partial charge in [0, 0.05) is 14.1 Å². The Morgan fingerprint density at radius 1 is 1.18 bits per heavy atom. The van der Waals surface area contributed by atoms with E-state index in [0.29, 0.717) is 11.4 Å². The van der Waals surface area contributed by atoms with Gasteiger partial charge in [0.05, 0.1) is 21.9 Å². The van der Waals surface area contributed by atoms with E-state index in [4.69, 9.17) is 11.5 Å². The lowest BCUT2D eigenvalue weighted by molar-refractivity contribution is 1.09. The summed E-state index contributed by atoms with van der Waals surface area (Å²) < 4.78 is 0. The van der Waals surface area contributed by atoms with Gasteiger partial charge in [0.1, 0.15) is 0 Å². The van der Waals surface area contributed by atoms with E-state index in [1.54, 1.807) is 11.3 Å². The molecule has 0 atom stereocenters. The highest BCUT2D eigenvalue weighted by Crippen LogP contribution is 2.35. The molecule has 2 aromatic rings. The van der Waals surface area contributed by atoms with Crippen LogP contribution in [0.5, 0.6) is 0 Å². The fraction of sp³-hybridized carbons (Fsp3) is 0.250. The summed E-state index contributed by atoms with van der Waals surface area (Å²) in [4.78, 5) is 7.65. The Bertz CT molecular complexity index is 545. The summed E-state index contributed by atoms with van der Waals surface area (Å²) in [5, 5.41) is 0.993. The Balaban J connectivity index is 2.49. The van der Waals surface area contributed by atoms with Gasteiger partial charge in [-0.1, -0.05) is 17.4 Å². The molecule has 4 N–H and O–H groups in total. The van der Waals surface area contributed by atoms with Crippen molar-refractivity contribution in [1.82, 2.24) is 4.98 Å². The van der Waals surface area contributed by atoms with Crippen molar-refractivity contribution in [2.24, 2.45) is 0 Å². The van der Waals surface area contributed by atoms with E-state index < -0.39 is 0 Å². The number of anilines is 3. The third-order valence-corrected chi connectivity index (χ3v) is 3.89. The zero-order valence-corrected chi connectivity index (χ0v) is 11.0. The van der Waals surface area contributed by atoms with Crippen LogP contribution in [0.1, 0.15) is 5.69 Å². The van der Waals surface area contributed by atoms with Gasteiger partial charge < -0.3 is 16.4 Å². The summed E-state index contributed by atoms with van der Waals surface area (Å²) in [7, 11) is 3.97. The van der Waals surface area contributed by atoms with Gasteiger partial charge in [0.2, 0.25) is 0 Å². The molecule has 0 spiro atoms. The van der Waals surface area contributed by atoms with Gasteiger partial charge >= 0.3 is 0 Å². The van der Waals surface area contributed by atoms with Crippen LogP contribution in [0.2, 0.25) is 0 Å². The third-order valence-electron chi connectivity index (χ3n) is 2.52. The molecule has 17 heavy (non-hydrogen) atoms. The van der Waals surface area contributed by atoms with Gasteiger partial charge in [0.25, 0.3) is 0 Å². The first-order chi connectivity index (χ1) is 7.99. The van der Waals surface area contributed by atoms with Crippen LogP contribution in [0.15, 0.2) is 18.2 Å². The molecule has 1 heterocycles. The molecule has 2 rings (SSSR count). The minimum Gasteiger partial charge on any atom is -0.397 e. The van der Waals surface area contributed by atoms with Crippen LogP contribution in [0, 0.1) is 6.92 Å². The molecule has 0 aliphatic rings. The molecule has 0 aliphatic heterocycles. The van der Waals surface area contributed by atoms with Crippen molar-refractivity contribution in [3.05, 3.63) is 23.9 Å². The molecular formula is C12H16N4S. The molecule has 0 unspecified atom stereocenters. The number of rotatable bonds is 2. The standard InChI is InChI=1S/C12H16N4S/c1-7-11(17-12(15-7)16(2)3)8-4-5-9(13)10(14)6-8/h4-6H,13-14H2,1-3H3. The maximum absolute atomic E-state index is 5.82. The van der Waals surface area contributed by atoms with Gasteiger partial charge in [-0.25, -0.2) is 4.98 Å². The molecule has 90 valence electrons. The maximum Gasteiger partial charge on any atom is 0.185 e. The Kier molecular flexibility index (Phi) is 2.93. The summed E-state index contributed by atoms with van der Waals surface area (Å²) in [6.07, 6.45) is 0. The second-order valence-electron chi connectivity index (χ2n) is 4.15. The van der Waals surface area contributed by atoms with Crippen LogP contribution in [0.25, 0.3) is 10.4 Å². The molecule has 0 fully saturated rings. The molecule has 0 aliphatic carbocycles. The van der Waals surface area contributed by atoms with E-state index in [2.05, 4.69) is 4.98 Å². The van der Waals surface area contributed by atoms with Crippen LogP contribution in [-0.4, -0.2) is 19.1 Å². The highest BCUT2D eigenvalue weighted by atomic mass is 32.1.